The molecule has 0 unspecified atom stereocenters. The average Bonchev–Trinajstić information content (AvgIpc) is 1.84. The minimum absolute atomic E-state index is 0.169. The molecule has 0 aliphatic heterocycles. The Labute approximate surface area is 55.2 Å². The number of carbonyl (C=O) groups is 1. The molecule has 0 aromatic rings. The van der Waals surface area contributed by atoms with Crippen LogP contribution in [-0.4, -0.2) is 36.6 Å². The van der Waals surface area contributed by atoms with Crippen molar-refractivity contribution in [2.45, 2.75) is 6.92 Å². The van der Waals surface area contributed by atoms with Crippen LogP contribution < -0.4 is 5.84 Å². The molecule has 0 spiro atoms. The predicted octanol–water partition coefficient (Wildman–Crippen LogP) is -0.136. The van der Waals surface area contributed by atoms with Crippen LogP contribution >= 0.6 is 0 Å². The van der Waals surface area contributed by atoms with E-state index < -0.39 is 0 Å². The van der Waals surface area contributed by atoms with Crippen molar-refractivity contribution < 1.29 is 4.79 Å². The smallest absolute Gasteiger partial charge is 0.327 e. The third-order valence-corrected chi connectivity index (χ3v) is 1.10. The molecule has 0 fully saturated rings. The van der Waals surface area contributed by atoms with Gasteiger partial charge in [-0.2, -0.15) is 0 Å². The topological polar surface area (TPSA) is 49.6 Å². The van der Waals surface area contributed by atoms with Crippen LogP contribution in [0, 0.1) is 0 Å². The van der Waals surface area contributed by atoms with Gasteiger partial charge in [0.25, 0.3) is 0 Å². The standard InChI is InChI=1S/C5H13N3O/c1-4-7(2)5(9)8(3)6/h4,6H2,1-3H3. The molecular weight excluding hydrogens is 118 g/mol. The lowest BCUT2D eigenvalue weighted by Crippen LogP contribution is -2.42. The number of nitrogens with two attached hydrogens (primary N) is 1. The first-order chi connectivity index (χ1) is 4.09. The largest absolute Gasteiger partial charge is 0.333 e. The molecule has 9 heavy (non-hydrogen) atoms. The second-order valence-corrected chi connectivity index (χ2v) is 1.91. The van der Waals surface area contributed by atoms with Crippen LogP contribution in [0.3, 0.4) is 0 Å². The van der Waals surface area contributed by atoms with E-state index in [1.165, 1.54) is 11.9 Å². The summed E-state index contributed by atoms with van der Waals surface area (Å²) in [5, 5.41) is 1.06. The van der Waals surface area contributed by atoms with Crippen LogP contribution in [0.1, 0.15) is 6.92 Å². The van der Waals surface area contributed by atoms with Crippen molar-refractivity contribution in [3.63, 3.8) is 0 Å². The lowest BCUT2D eigenvalue weighted by Gasteiger charge is -2.18. The number of carbonyl (C=O) groups excluding carboxylic acids is 1. The zero-order valence-electron chi connectivity index (χ0n) is 6.09. The molecule has 54 valence electrons. The fourth-order valence-corrected chi connectivity index (χ4v) is 0.405. The van der Waals surface area contributed by atoms with E-state index in [1.807, 2.05) is 6.92 Å². The van der Waals surface area contributed by atoms with Gasteiger partial charge < -0.3 is 4.90 Å². The maximum absolute atomic E-state index is 10.8. The second kappa shape index (κ2) is 3.29. The molecule has 0 aromatic heterocycles. The SMILES string of the molecule is CCN(C)C(=O)N(C)N. The van der Waals surface area contributed by atoms with E-state index in [0.29, 0.717) is 6.54 Å². The normalized spacial score (nSPS) is 8.89. The molecule has 0 aliphatic rings. The van der Waals surface area contributed by atoms with Gasteiger partial charge in [0.05, 0.1) is 0 Å². The Kier molecular flexibility index (Phi) is 3.01. The summed E-state index contributed by atoms with van der Waals surface area (Å²) in [5.74, 6) is 5.15. The second-order valence-electron chi connectivity index (χ2n) is 1.91. The first-order valence-electron chi connectivity index (χ1n) is 2.83. The van der Waals surface area contributed by atoms with Crippen molar-refractivity contribution in [2.75, 3.05) is 20.6 Å². The lowest BCUT2D eigenvalue weighted by molar-refractivity contribution is 0.176. The minimum atomic E-state index is -0.169. The van der Waals surface area contributed by atoms with Crippen molar-refractivity contribution >= 4 is 6.03 Å². The van der Waals surface area contributed by atoms with Crippen LogP contribution in [-0.2, 0) is 0 Å². The molecule has 2 amide bonds. The van der Waals surface area contributed by atoms with Crippen molar-refractivity contribution in [2.24, 2.45) is 5.84 Å². The van der Waals surface area contributed by atoms with Crippen molar-refractivity contribution in [3.05, 3.63) is 0 Å². The van der Waals surface area contributed by atoms with E-state index in [4.69, 9.17) is 5.84 Å². The number of hydrogen-bond acceptors (Lipinski definition) is 2. The van der Waals surface area contributed by atoms with Gasteiger partial charge in [0, 0.05) is 20.6 Å². The lowest BCUT2D eigenvalue weighted by atomic mass is 10.6. The monoisotopic (exact) mass is 131 g/mol. The zero-order valence-corrected chi connectivity index (χ0v) is 6.09. The van der Waals surface area contributed by atoms with Crippen LogP contribution in [0.15, 0.2) is 0 Å². The molecule has 0 bridgehead atoms. The number of rotatable bonds is 1. The highest BCUT2D eigenvalue weighted by Gasteiger charge is 2.06. The molecule has 0 rings (SSSR count). The summed E-state index contributed by atoms with van der Waals surface area (Å²) in [6.07, 6.45) is 0. The van der Waals surface area contributed by atoms with Gasteiger partial charge in [-0.3, -0.25) is 5.01 Å². The summed E-state index contributed by atoms with van der Waals surface area (Å²) in [6.45, 7) is 2.57. The van der Waals surface area contributed by atoms with Gasteiger partial charge in [0.15, 0.2) is 0 Å². The highest BCUT2D eigenvalue weighted by molar-refractivity contribution is 5.72. The molecule has 0 heterocycles. The van der Waals surface area contributed by atoms with Gasteiger partial charge in [-0.05, 0) is 6.92 Å². The molecule has 4 nitrogen and oxygen atoms in total. The zero-order chi connectivity index (χ0) is 7.44. The van der Waals surface area contributed by atoms with E-state index in [9.17, 15) is 4.79 Å². The third kappa shape index (κ3) is 2.32. The van der Waals surface area contributed by atoms with E-state index in [0.717, 1.165) is 5.01 Å². The Morgan fingerprint density at radius 1 is 1.56 bits per heavy atom. The van der Waals surface area contributed by atoms with Gasteiger partial charge in [-0.15, -0.1) is 0 Å². The number of urea groups is 1. The number of nitrogens with zero attached hydrogens (tertiary/aromatic N) is 2. The van der Waals surface area contributed by atoms with E-state index in [1.54, 1.807) is 7.05 Å². The summed E-state index contributed by atoms with van der Waals surface area (Å²) in [7, 11) is 3.22. The van der Waals surface area contributed by atoms with Gasteiger partial charge in [0.2, 0.25) is 0 Å². The van der Waals surface area contributed by atoms with E-state index in [2.05, 4.69) is 0 Å². The van der Waals surface area contributed by atoms with Crippen molar-refractivity contribution in [1.82, 2.24) is 9.91 Å². The Hall–Kier alpha value is -0.770. The fraction of sp³-hybridized carbons (Fsp3) is 0.800. The number of hydrogen-bond donors (Lipinski definition) is 1. The van der Waals surface area contributed by atoms with Gasteiger partial charge in [-0.1, -0.05) is 0 Å². The first kappa shape index (κ1) is 8.23. The number of amides is 2. The Morgan fingerprint density at radius 2 is 2.00 bits per heavy atom. The first-order valence-corrected chi connectivity index (χ1v) is 2.83. The van der Waals surface area contributed by atoms with E-state index in [-0.39, 0.29) is 6.03 Å². The van der Waals surface area contributed by atoms with Gasteiger partial charge in [-0.25, -0.2) is 10.6 Å². The summed E-state index contributed by atoms with van der Waals surface area (Å²) in [5.41, 5.74) is 0. The molecule has 0 aromatic carbocycles. The molecule has 2 N–H and O–H groups in total. The van der Waals surface area contributed by atoms with Crippen LogP contribution in [0.25, 0.3) is 0 Å². The van der Waals surface area contributed by atoms with Crippen molar-refractivity contribution in [1.29, 1.82) is 0 Å². The maximum atomic E-state index is 10.8. The van der Waals surface area contributed by atoms with Gasteiger partial charge >= 0.3 is 6.03 Å². The summed E-state index contributed by atoms with van der Waals surface area (Å²) < 4.78 is 0. The highest BCUT2D eigenvalue weighted by Crippen LogP contribution is 1.85. The van der Waals surface area contributed by atoms with E-state index >= 15 is 0 Å². The molecule has 0 saturated carbocycles. The number of hydrazine groups is 1. The van der Waals surface area contributed by atoms with Crippen LogP contribution in [0.2, 0.25) is 0 Å². The molecule has 0 aliphatic carbocycles. The molecule has 0 atom stereocenters. The average molecular weight is 131 g/mol. The Morgan fingerprint density at radius 3 is 2.11 bits per heavy atom. The molecule has 0 radical (unpaired) electrons. The van der Waals surface area contributed by atoms with Crippen LogP contribution in [0.5, 0.6) is 0 Å². The van der Waals surface area contributed by atoms with Crippen LogP contribution in [0.4, 0.5) is 4.79 Å². The third-order valence-electron chi connectivity index (χ3n) is 1.10. The Balaban J connectivity index is 3.73. The molecular formula is C5H13N3O. The molecule has 0 saturated heterocycles. The van der Waals surface area contributed by atoms with Crippen molar-refractivity contribution in [3.8, 4) is 0 Å². The molecule has 4 heteroatoms. The van der Waals surface area contributed by atoms with Gasteiger partial charge in [0.1, 0.15) is 0 Å². The fourth-order valence-electron chi connectivity index (χ4n) is 0.405. The summed E-state index contributed by atoms with van der Waals surface area (Å²) in [6, 6.07) is -0.169. The predicted molar refractivity (Wildman–Crippen MR) is 35.7 cm³/mol. The highest BCUT2D eigenvalue weighted by atomic mass is 16.2. The summed E-state index contributed by atoms with van der Waals surface area (Å²) in [4.78, 5) is 12.3. The maximum Gasteiger partial charge on any atom is 0.333 e. The summed E-state index contributed by atoms with van der Waals surface area (Å²) >= 11 is 0. The quantitative estimate of drug-likeness (QED) is 0.306. The Bertz CT molecular complexity index is 102. The minimum Gasteiger partial charge on any atom is -0.327 e.